The van der Waals surface area contributed by atoms with E-state index in [1.165, 1.54) is 13.2 Å². The summed E-state index contributed by atoms with van der Waals surface area (Å²) in [6.07, 6.45) is 1.84. The largest absolute Gasteiger partial charge is 0.491 e. The second-order valence-corrected chi connectivity index (χ2v) is 6.15. The predicted molar refractivity (Wildman–Crippen MR) is 85.3 cm³/mol. The van der Waals surface area contributed by atoms with Crippen molar-refractivity contribution in [3.63, 3.8) is 0 Å². The topological polar surface area (TPSA) is 59.2 Å². The number of ketones is 1. The van der Waals surface area contributed by atoms with Gasteiger partial charge in [-0.2, -0.15) is 0 Å². The zero-order valence-electron chi connectivity index (χ0n) is 13.6. The number of H-pyrrole nitrogens is 1. The molecule has 0 radical (unpaired) electrons. The Bertz CT molecular complexity index is 597. The first-order valence-corrected chi connectivity index (χ1v) is 7.22. The fraction of sp³-hybridized carbons (Fsp3) is 0.529. The van der Waals surface area contributed by atoms with Crippen molar-refractivity contribution >= 4 is 5.78 Å². The van der Waals surface area contributed by atoms with Gasteiger partial charge in [-0.3, -0.25) is 9.59 Å². The van der Waals surface area contributed by atoms with Gasteiger partial charge >= 0.3 is 0 Å². The van der Waals surface area contributed by atoms with E-state index in [2.05, 4.69) is 11.6 Å². The molecule has 116 valence electrons. The van der Waals surface area contributed by atoms with E-state index >= 15 is 0 Å². The van der Waals surface area contributed by atoms with Gasteiger partial charge in [0, 0.05) is 23.6 Å². The predicted octanol–water partition coefficient (Wildman–Crippen LogP) is 3.61. The standard InChI is InChI=1S/C17H25NO3/c1-7-8-12(19)15-16(21-6)13(20)9-14(18-15)17(4,5)10-11(2)3/h9H,2,7-8,10H2,1,3-6H3,(H,18,20). The van der Waals surface area contributed by atoms with Gasteiger partial charge < -0.3 is 9.72 Å². The zero-order valence-corrected chi connectivity index (χ0v) is 13.6. The van der Waals surface area contributed by atoms with Crippen LogP contribution in [-0.4, -0.2) is 17.9 Å². The second kappa shape index (κ2) is 6.74. The minimum atomic E-state index is -0.293. The molecule has 1 heterocycles. The molecule has 1 aromatic rings. The molecule has 0 aromatic carbocycles. The van der Waals surface area contributed by atoms with Crippen LogP contribution >= 0.6 is 0 Å². The molecule has 0 aliphatic carbocycles. The van der Waals surface area contributed by atoms with Gasteiger partial charge in [-0.15, -0.1) is 6.58 Å². The van der Waals surface area contributed by atoms with Crippen molar-refractivity contribution in [2.24, 2.45) is 0 Å². The van der Waals surface area contributed by atoms with E-state index in [1.807, 2.05) is 27.7 Å². The van der Waals surface area contributed by atoms with Gasteiger partial charge in [0.1, 0.15) is 5.69 Å². The number of allylic oxidation sites excluding steroid dienone is 1. The summed E-state index contributed by atoms with van der Waals surface area (Å²) in [5.74, 6) is 0.00255. The molecule has 4 heteroatoms. The normalized spacial score (nSPS) is 11.3. The molecule has 0 aliphatic rings. The first-order chi connectivity index (χ1) is 9.72. The summed E-state index contributed by atoms with van der Waals surface area (Å²) >= 11 is 0. The fourth-order valence-electron chi connectivity index (χ4n) is 2.51. The van der Waals surface area contributed by atoms with Crippen molar-refractivity contribution in [3.05, 3.63) is 39.8 Å². The summed E-state index contributed by atoms with van der Waals surface area (Å²) in [6.45, 7) is 11.8. The minimum absolute atomic E-state index is 0.0978. The van der Waals surface area contributed by atoms with E-state index < -0.39 is 0 Å². The molecule has 1 rings (SSSR count). The second-order valence-electron chi connectivity index (χ2n) is 6.15. The zero-order chi connectivity index (χ0) is 16.2. The Morgan fingerprint density at radius 1 is 1.43 bits per heavy atom. The molecular formula is C17H25NO3. The van der Waals surface area contributed by atoms with Crippen LogP contribution in [0.2, 0.25) is 0 Å². The highest BCUT2D eigenvalue weighted by Gasteiger charge is 2.25. The first-order valence-electron chi connectivity index (χ1n) is 7.22. The van der Waals surface area contributed by atoms with Gasteiger partial charge in [-0.1, -0.05) is 26.3 Å². The summed E-state index contributed by atoms with van der Waals surface area (Å²) in [5.41, 5.74) is 1.48. The Morgan fingerprint density at radius 3 is 2.52 bits per heavy atom. The molecule has 1 N–H and O–H groups in total. The Kier molecular flexibility index (Phi) is 5.53. The lowest BCUT2D eigenvalue weighted by Crippen LogP contribution is -2.25. The SMILES string of the molecule is C=C(C)CC(C)(C)c1cc(=O)c(OC)c(C(=O)CCC)[nH]1. The van der Waals surface area contributed by atoms with E-state index in [1.54, 1.807) is 0 Å². The molecule has 0 unspecified atom stereocenters. The van der Waals surface area contributed by atoms with E-state index in [-0.39, 0.29) is 28.1 Å². The highest BCUT2D eigenvalue weighted by molar-refractivity contribution is 5.96. The number of aromatic nitrogens is 1. The maximum atomic E-state index is 12.2. The van der Waals surface area contributed by atoms with Crippen molar-refractivity contribution < 1.29 is 9.53 Å². The average Bonchev–Trinajstić information content (AvgIpc) is 2.36. The molecule has 0 aliphatic heterocycles. The number of nitrogens with one attached hydrogen (secondary N) is 1. The third-order valence-corrected chi connectivity index (χ3v) is 3.42. The number of Topliss-reactive ketones (excluding diaryl/α,β-unsaturated/α-hetero) is 1. The maximum Gasteiger partial charge on any atom is 0.224 e. The lowest BCUT2D eigenvalue weighted by Gasteiger charge is -2.26. The van der Waals surface area contributed by atoms with Crippen LogP contribution in [0, 0.1) is 0 Å². The van der Waals surface area contributed by atoms with Crippen LogP contribution in [0.15, 0.2) is 23.0 Å². The Hall–Kier alpha value is -1.84. The van der Waals surface area contributed by atoms with Gasteiger partial charge in [-0.25, -0.2) is 0 Å². The Morgan fingerprint density at radius 2 is 2.05 bits per heavy atom. The van der Waals surface area contributed by atoms with E-state index in [4.69, 9.17) is 4.74 Å². The number of pyridine rings is 1. The third-order valence-electron chi connectivity index (χ3n) is 3.42. The van der Waals surface area contributed by atoms with Crippen LogP contribution in [-0.2, 0) is 5.41 Å². The highest BCUT2D eigenvalue weighted by Crippen LogP contribution is 2.29. The smallest absolute Gasteiger partial charge is 0.224 e. The molecule has 0 fully saturated rings. The molecule has 21 heavy (non-hydrogen) atoms. The van der Waals surface area contributed by atoms with Crippen LogP contribution < -0.4 is 10.2 Å². The number of methoxy groups -OCH3 is 1. The third kappa shape index (κ3) is 4.06. The molecule has 4 nitrogen and oxygen atoms in total. The molecule has 0 saturated heterocycles. The van der Waals surface area contributed by atoms with E-state index in [0.717, 1.165) is 24.1 Å². The van der Waals surface area contributed by atoms with Crippen LogP contribution in [0.3, 0.4) is 0 Å². The number of hydrogen-bond acceptors (Lipinski definition) is 3. The number of carbonyl (C=O) groups is 1. The van der Waals surface area contributed by atoms with Crippen molar-refractivity contribution in [1.29, 1.82) is 0 Å². The lowest BCUT2D eigenvalue weighted by atomic mass is 9.82. The van der Waals surface area contributed by atoms with Gasteiger partial charge in [0.15, 0.2) is 11.5 Å². The molecule has 1 aromatic heterocycles. The molecule has 0 amide bonds. The Labute approximate surface area is 126 Å². The van der Waals surface area contributed by atoms with Crippen LogP contribution in [0.1, 0.15) is 63.1 Å². The molecule has 0 atom stereocenters. The summed E-state index contributed by atoms with van der Waals surface area (Å²) in [6, 6.07) is 1.52. The number of rotatable bonds is 7. The monoisotopic (exact) mass is 291 g/mol. The molecular weight excluding hydrogens is 266 g/mol. The molecule has 0 bridgehead atoms. The summed E-state index contributed by atoms with van der Waals surface area (Å²) in [7, 11) is 1.41. The Balaban J connectivity index is 3.41. The quantitative estimate of drug-likeness (QED) is 0.616. The number of aromatic amines is 1. The van der Waals surface area contributed by atoms with Gasteiger partial charge in [0.2, 0.25) is 5.43 Å². The van der Waals surface area contributed by atoms with Gasteiger partial charge in [0.05, 0.1) is 7.11 Å². The van der Waals surface area contributed by atoms with Crippen LogP contribution in [0.4, 0.5) is 0 Å². The van der Waals surface area contributed by atoms with E-state index in [9.17, 15) is 9.59 Å². The summed E-state index contributed by atoms with van der Waals surface area (Å²) < 4.78 is 5.11. The molecule has 0 spiro atoms. The molecule has 0 saturated carbocycles. The summed E-state index contributed by atoms with van der Waals surface area (Å²) in [4.78, 5) is 27.5. The van der Waals surface area contributed by atoms with Gasteiger partial charge in [-0.05, 0) is 19.8 Å². The maximum absolute atomic E-state index is 12.2. The number of carbonyl (C=O) groups excluding carboxylic acids is 1. The highest BCUT2D eigenvalue weighted by atomic mass is 16.5. The van der Waals surface area contributed by atoms with Crippen LogP contribution in [0.25, 0.3) is 0 Å². The van der Waals surface area contributed by atoms with Crippen LogP contribution in [0.5, 0.6) is 5.75 Å². The van der Waals surface area contributed by atoms with Crippen molar-refractivity contribution in [2.45, 2.75) is 52.4 Å². The minimum Gasteiger partial charge on any atom is -0.491 e. The van der Waals surface area contributed by atoms with E-state index in [0.29, 0.717) is 6.42 Å². The van der Waals surface area contributed by atoms with Gasteiger partial charge in [0.25, 0.3) is 0 Å². The average molecular weight is 291 g/mol. The summed E-state index contributed by atoms with van der Waals surface area (Å²) in [5, 5.41) is 0. The van der Waals surface area contributed by atoms with Crippen molar-refractivity contribution in [1.82, 2.24) is 4.98 Å². The number of ether oxygens (including phenoxy) is 1. The number of hydrogen-bond donors (Lipinski definition) is 1. The van der Waals surface area contributed by atoms with Crippen molar-refractivity contribution in [2.75, 3.05) is 7.11 Å². The lowest BCUT2D eigenvalue weighted by molar-refractivity contribution is 0.0973. The first kappa shape index (κ1) is 17.2. The fourth-order valence-corrected chi connectivity index (χ4v) is 2.51. The van der Waals surface area contributed by atoms with Crippen molar-refractivity contribution in [3.8, 4) is 5.75 Å².